The van der Waals surface area contributed by atoms with Gasteiger partial charge < -0.3 is 14.2 Å². The molecule has 0 spiro atoms. The zero-order valence-electron chi connectivity index (χ0n) is 37.1. The molecule has 0 heterocycles. The minimum absolute atomic E-state index is 0.0885. The van der Waals surface area contributed by atoms with Gasteiger partial charge in [-0.3, -0.25) is 14.4 Å². The number of esters is 3. The van der Waals surface area contributed by atoms with Gasteiger partial charge in [-0.2, -0.15) is 0 Å². The van der Waals surface area contributed by atoms with Crippen molar-refractivity contribution in [3.63, 3.8) is 0 Å². The summed E-state index contributed by atoms with van der Waals surface area (Å²) < 4.78 is 16.6. The number of rotatable bonds is 41. The van der Waals surface area contributed by atoms with Crippen molar-refractivity contribution in [2.75, 3.05) is 13.2 Å². The second kappa shape index (κ2) is 45.6. The van der Waals surface area contributed by atoms with Gasteiger partial charge in [0.05, 0.1) is 0 Å². The summed E-state index contributed by atoms with van der Waals surface area (Å²) in [5.41, 5.74) is 0. The molecule has 326 valence electrons. The van der Waals surface area contributed by atoms with Gasteiger partial charge in [-0.15, -0.1) is 0 Å². The predicted octanol–water partition coefficient (Wildman–Crippen LogP) is 15.1. The molecule has 6 nitrogen and oxygen atoms in total. The zero-order valence-corrected chi connectivity index (χ0v) is 37.1. The average molecular weight is 795 g/mol. The third-order valence-electron chi connectivity index (χ3n) is 9.70. The van der Waals surface area contributed by atoms with Crippen molar-refractivity contribution in [1.82, 2.24) is 0 Å². The molecule has 0 aromatic rings. The molecular formula is C51H86O6. The molecule has 0 aromatic carbocycles. The lowest BCUT2D eigenvalue weighted by molar-refractivity contribution is -0.167. The number of carbonyl (C=O) groups is 3. The minimum atomic E-state index is -0.785. The molecule has 0 aliphatic carbocycles. The fourth-order valence-corrected chi connectivity index (χ4v) is 6.17. The van der Waals surface area contributed by atoms with E-state index in [0.29, 0.717) is 19.3 Å². The molecule has 0 saturated carbocycles. The van der Waals surface area contributed by atoms with Crippen LogP contribution < -0.4 is 0 Å². The van der Waals surface area contributed by atoms with Crippen LogP contribution in [0.3, 0.4) is 0 Å². The minimum Gasteiger partial charge on any atom is -0.462 e. The van der Waals surface area contributed by atoms with Gasteiger partial charge in [-0.25, -0.2) is 0 Å². The van der Waals surface area contributed by atoms with E-state index in [4.69, 9.17) is 14.2 Å². The molecule has 1 atom stereocenters. The molecule has 0 radical (unpaired) electrons. The largest absolute Gasteiger partial charge is 0.462 e. The Morgan fingerprint density at radius 3 is 1.11 bits per heavy atom. The van der Waals surface area contributed by atoms with Gasteiger partial charge in [0.25, 0.3) is 0 Å². The molecule has 57 heavy (non-hydrogen) atoms. The van der Waals surface area contributed by atoms with Crippen molar-refractivity contribution >= 4 is 17.9 Å². The molecule has 0 rings (SSSR count). The van der Waals surface area contributed by atoms with Gasteiger partial charge in [0.15, 0.2) is 6.10 Å². The Morgan fingerprint density at radius 2 is 0.684 bits per heavy atom. The lowest BCUT2D eigenvalue weighted by atomic mass is 10.1. The topological polar surface area (TPSA) is 78.9 Å². The van der Waals surface area contributed by atoms with Crippen LogP contribution in [0.4, 0.5) is 0 Å². The van der Waals surface area contributed by atoms with Gasteiger partial charge in [-0.1, -0.05) is 177 Å². The Bertz CT molecular complexity index is 1100. The van der Waals surface area contributed by atoms with Crippen LogP contribution in [-0.4, -0.2) is 37.2 Å². The first-order chi connectivity index (χ1) is 28.0. The summed E-state index contributed by atoms with van der Waals surface area (Å²) >= 11 is 0. The molecule has 0 fully saturated rings. The lowest BCUT2D eigenvalue weighted by Crippen LogP contribution is -2.30. The number of hydrogen-bond donors (Lipinski definition) is 0. The molecular weight excluding hydrogens is 709 g/mol. The van der Waals surface area contributed by atoms with Crippen LogP contribution in [0, 0.1) is 0 Å². The summed E-state index contributed by atoms with van der Waals surface area (Å²) in [5, 5.41) is 0. The van der Waals surface area contributed by atoms with Crippen molar-refractivity contribution in [3.8, 4) is 0 Å². The van der Waals surface area contributed by atoms with Gasteiger partial charge >= 0.3 is 17.9 Å². The highest BCUT2D eigenvalue weighted by Gasteiger charge is 2.19. The third-order valence-corrected chi connectivity index (χ3v) is 9.70. The van der Waals surface area contributed by atoms with Gasteiger partial charge in [0, 0.05) is 19.3 Å². The van der Waals surface area contributed by atoms with Crippen LogP contribution >= 0.6 is 0 Å². The molecule has 0 aliphatic rings. The molecule has 0 amide bonds. The van der Waals surface area contributed by atoms with Crippen molar-refractivity contribution < 1.29 is 28.6 Å². The fraction of sp³-hybridized carbons (Fsp3) is 0.706. The fourth-order valence-electron chi connectivity index (χ4n) is 6.17. The van der Waals surface area contributed by atoms with Crippen LogP contribution in [0.2, 0.25) is 0 Å². The average Bonchev–Trinajstić information content (AvgIpc) is 3.21. The lowest BCUT2D eigenvalue weighted by Gasteiger charge is -2.18. The highest BCUT2D eigenvalue weighted by Crippen LogP contribution is 2.13. The zero-order chi connectivity index (χ0) is 41.5. The molecule has 0 N–H and O–H groups in total. The molecule has 1 unspecified atom stereocenters. The van der Waals surface area contributed by atoms with Crippen LogP contribution in [0.5, 0.6) is 0 Å². The smallest absolute Gasteiger partial charge is 0.306 e. The molecule has 0 bridgehead atoms. The maximum Gasteiger partial charge on any atom is 0.306 e. The van der Waals surface area contributed by atoms with E-state index in [9.17, 15) is 14.4 Å². The first-order valence-corrected chi connectivity index (χ1v) is 23.4. The van der Waals surface area contributed by atoms with Crippen molar-refractivity contribution in [3.05, 3.63) is 72.9 Å². The number of hydrogen-bond acceptors (Lipinski definition) is 6. The van der Waals surface area contributed by atoms with E-state index < -0.39 is 6.10 Å². The van der Waals surface area contributed by atoms with E-state index >= 15 is 0 Å². The Balaban J connectivity index is 4.26. The molecule has 6 heteroatoms. The Morgan fingerprint density at radius 1 is 0.368 bits per heavy atom. The van der Waals surface area contributed by atoms with Crippen molar-refractivity contribution in [1.29, 1.82) is 0 Å². The summed E-state index contributed by atoms with van der Waals surface area (Å²) in [6.07, 6.45) is 56.3. The van der Waals surface area contributed by atoms with E-state index in [-0.39, 0.29) is 31.1 Å². The van der Waals surface area contributed by atoms with Crippen molar-refractivity contribution in [2.45, 2.75) is 219 Å². The van der Waals surface area contributed by atoms with E-state index in [1.54, 1.807) is 0 Å². The highest BCUT2D eigenvalue weighted by atomic mass is 16.6. The number of unbranched alkanes of at least 4 members (excludes halogenated alkanes) is 18. The SMILES string of the molecule is CC/C=C\C/C=C\C/C=C\CCCCCCCC(=O)OC(COC(=O)CCCCCCC)COC(=O)CCCCCCCC/C=C\C/C=C\C/C=C\CCCCC. The molecule has 0 saturated heterocycles. The quantitative estimate of drug-likeness (QED) is 0.0265. The van der Waals surface area contributed by atoms with Crippen molar-refractivity contribution in [2.24, 2.45) is 0 Å². The highest BCUT2D eigenvalue weighted by molar-refractivity contribution is 5.71. The first kappa shape index (κ1) is 53.9. The number of ether oxygens (including phenoxy) is 3. The summed E-state index contributed by atoms with van der Waals surface area (Å²) in [7, 11) is 0. The monoisotopic (exact) mass is 795 g/mol. The second-order valence-electron chi connectivity index (χ2n) is 15.3. The Hall–Kier alpha value is -3.15. The Labute approximate surface area is 351 Å². The van der Waals surface area contributed by atoms with Gasteiger partial charge in [0.2, 0.25) is 0 Å². The van der Waals surface area contributed by atoms with Gasteiger partial charge in [-0.05, 0) is 89.9 Å². The molecule has 0 aromatic heterocycles. The molecule has 0 aliphatic heterocycles. The standard InChI is InChI=1S/C51H86O6/c1-4-7-10-13-15-17-19-21-23-24-25-26-28-29-31-33-35-38-41-44-50(53)56-47-48(46-55-49(52)43-40-37-12-9-6-3)57-51(54)45-42-39-36-34-32-30-27-22-20-18-16-14-11-8-5-2/h8,11,15-18,21-23,25-27,48H,4-7,9-10,12-14,19-20,24,28-47H2,1-3H3/b11-8-,17-15-,18-16-,23-21-,26-25-,27-22-. The third kappa shape index (κ3) is 43.8. The van der Waals surface area contributed by atoms with Crippen LogP contribution in [0.15, 0.2) is 72.9 Å². The first-order valence-electron chi connectivity index (χ1n) is 23.4. The summed E-state index contributed by atoms with van der Waals surface area (Å²) in [6.45, 7) is 6.37. The predicted molar refractivity (Wildman–Crippen MR) is 242 cm³/mol. The van der Waals surface area contributed by atoms with E-state index in [1.165, 1.54) is 51.4 Å². The maximum absolute atomic E-state index is 12.7. The number of allylic oxidation sites excluding steroid dienone is 12. The van der Waals surface area contributed by atoms with Crippen LogP contribution in [-0.2, 0) is 28.6 Å². The summed E-state index contributed by atoms with van der Waals surface area (Å²) in [6, 6.07) is 0. The second-order valence-corrected chi connectivity index (χ2v) is 15.3. The summed E-state index contributed by atoms with van der Waals surface area (Å²) in [5.74, 6) is -0.937. The van der Waals surface area contributed by atoms with Crippen LogP contribution in [0.25, 0.3) is 0 Å². The van der Waals surface area contributed by atoms with Gasteiger partial charge in [0.1, 0.15) is 13.2 Å². The van der Waals surface area contributed by atoms with E-state index in [0.717, 1.165) is 122 Å². The number of carbonyl (C=O) groups excluding carboxylic acids is 3. The van der Waals surface area contributed by atoms with E-state index in [1.807, 2.05) is 0 Å². The maximum atomic E-state index is 12.7. The van der Waals surface area contributed by atoms with E-state index in [2.05, 4.69) is 93.7 Å². The summed E-state index contributed by atoms with van der Waals surface area (Å²) in [4.78, 5) is 37.5. The normalized spacial score (nSPS) is 12.7. The van der Waals surface area contributed by atoms with Crippen LogP contribution in [0.1, 0.15) is 213 Å². The Kier molecular flexibility index (Phi) is 43.0.